The summed E-state index contributed by atoms with van der Waals surface area (Å²) in [7, 11) is 0. The van der Waals surface area contributed by atoms with Gasteiger partial charge < -0.3 is 0 Å². The van der Waals surface area contributed by atoms with Gasteiger partial charge in [-0.2, -0.15) is 0 Å². The highest BCUT2D eigenvalue weighted by Crippen LogP contribution is 2.08. The van der Waals surface area contributed by atoms with Crippen LogP contribution >= 0.6 is 0 Å². The molecular weight excluding hydrogens is 161 g/mol. The van der Waals surface area contributed by atoms with Crippen molar-refractivity contribution in [2.75, 3.05) is 0 Å². The van der Waals surface area contributed by atoms with Crippen LogP contribution in [0.2, 0.25) is 0 Å². The highest BCUT2D eigenvalue weighted by Gasteiger charge is 2.05. The van der Waals surface area contributed by atoms with Crippen molar-refractivity contribution in [3.05, 3.63) is 35.1 Å². The monoisotopic (exact) mass is 169 g/mol. The molecule has 3 nitrogen and oxygen atoms in total. The Hall–Kier alpha value is -1.42. The van der Waals surface area contributed by atoms with Gasteiger partial charge in [-0.3, -0.25) is 10.0 Å². The van der Waals surface area contributed by atoms with Crippen LogP contribution in [0.4, 0.5) is 4.39 Å². The second-order valence-corrected chi connectivity index (χ2v) is 2.40. The van der Waals surface area contributed by atoms with E-state index >= 15 is 0 Å². The molecular formula is C8H8FNO2. The van der Waals surface area contributed by atoms with Crippen LogP contribution in [-0.2, 0) is 0 Å². The normalized spacial score (nSPS) is 9.58. The van der Waals surface area contributed by atoms with Crippen LogP contribution in [0.25, 0.3) is 0 Å². The van der Waals surface area contributed by atoms with Gasteiger partial charge in [0.05, 0.1) is 0 Å². The molecule has 0 heterocycles. The van der Waals surface area contributed by atoms with E-state index in [4.69, 9.17) is 5.21 Å². The van der Waals surface area contributed by atoms with Crippen LogP contribution in [-0.4, -0.2) is 11.1 Å². The average molecular weight is 169 g/mol. The summed E-state index contributed by atoms with van der Waals surface area (Å²) < 4.78 is 12.7. The Morgan fingerprint density at radius 2 is 2.25 bits per heavy atom. The van der Waals surface area contributed by atoms with Crippen LogP contribution in [0.15, 0.2) is 18.2 Å². The minimum Gasteiger partial charge on any atom is -0.288 e. The van der Waals surface area contributed by atoms with E-state index in [9.17, 15) is 9.18 Å². The van der Waals surface area contributed by atoms with Crippen LogP contribution in [0.5, 0.6) is 0 Å². The fourth-order valence-corrected chi connectivity index (χ4v) is 0.850. The first-order chi connectivity index (χ1) is 5.65. The minimum absolute atomic E-state index is 0.233. The lowest BCUT2D eigenvalue weighted by Crippen LogP contribution is -2.18. The van der Waals surface area contributed by atoms with Gasteiger partial charge in [0, 0.05) is 5.56 Å². The van der Waals surface area contributed by atoms with E-state index < -0.39 is 5.91 Å². The molecule has 0 atom stereocenters. The number of halogens is 1. The summed E-state index contributed by atoms with van der Waals surface area (Å²) in [6, 6.07) is 3.84. The lowest BCUT2D eigenvalue weighted by molar-refractivity contribution is 0.0706. The van der Waals surface area contributed by atoms with Gasteiger partial charge in [-0.05, 0) is 30.7 Å². The Balaban J connectivity index is 3.05. The summed E-state index contributed by atoms with van der Waals surface area (Å²) in [5, 5.41) is 8.26. The summed E-state index contributed by atoms with van der Waals surface area (Å²) in [6.07, 6.45) is 0. The van der Waals surface area contributed by atoms with Gasteiger partial charge in [-0.15, -0.1) is 0 Å². The molecule has 1 aromatic carbocycles. The molecule has 0 aliphatic heterocycles. The van der Waals surface area contributed by atoms with Crippen molar-refractivity contribution < 1.29 is 14.4 Å². The first-order valence-electron chi connectivity index (χ1n) is 3.35. The maximum Gasteiger partial charge on any atom is 0.274 e. The third-order valence-corrected chi connectivity index (χ3v) is 1.52. The summed E-state index contributed by atoms with van der Waals surface area (Å²) in [5.41, 5.74) is 2.07. The number of carbonyl (C=O) groups is 1. The molecule has 0 bridgehead atoms. The van der Waals surface area contributed by atoms with Gasteiger partial charge >= 0.3 is 0 Å². The Kier molecular flexibility index (Phi) is 2.40. The predicted octanol–water partition coefficient (Wildman–Crippen LogP) is 1.25. The number of benzene rings is 1. The van der Waals surface area contributed by atoms with E-state index in [2.05, 4.69) is 0 Å². The summed E-state index contributed by atoms with van der Waals surface area (Å²) in [4.78, 5) is 10.8. The third-order valence-electron chi connectivity index (χ3n) is 1.52. The zero-order chi connectivity index (χ0) is 9.14. The summed E-state index contributed by atoms with van der Waals surface area (Å²) in [5.74, 6) is -1.01. The van der Waals surface area contributed by atoms with Crippen LogP contribution in [0, 0.1) is 12.7 Å². The fraction of sp³-hybridized carbons (Fsp3) is 0.125. The first kappa shape index (κ1) is 8.67. The summed E-state index contributed by atoms with van der Waals surface area (Å²) >= 11 is 0. The third kappa shape index (κ3) is 1.60. The summed E-state index contributed by atoms with van der Waals surface area (Å²) in [6.45, 7) is 1.55. The van der Waals surface area contributed by atoms with E-state index in [1.807, 2.05) is 0 Å². The number of hydroxylamine groups is 1. The Bertz CT molecular complexity index is 312. The van der Waals surface area contributed by atoms with Gasteiger partial charge in [0.25, 0.3) is 5.91 Å². The maximum atomic E-state index is 12.7. The van der Waals surface area contributed by atoms with Crippen molar-refractivity contribution >= 4 is 5.91 Å². The average Bonchev–Trinajstić information content (AvgIpc) is 2.08. The molecule has 0 saturated carbocycles. The molecule has 1 rings (SSSR count). The van der Waals surface area contributed by atoms with Crippen LogP contribution in [0.3, 0.4) is 0 Å². The molecule has 0 fully saturated rings. The fourth-order valence-electron chi connectivity index (χ4n) is 0.850. The van der Waals surface area contributed by atoms with E-state index in [0.717, 1.165) is 0 Å². The topological polar surface area (TPSA) is 49.3 Å². The molecule has 64 valence electrons. The number of rotatable bonds is 1. The Morgan fingerprint density at radius 3 is 2.75 bits per heavy atom. The molecule has 0 unspecified atom stereocenters. The molecule has 0 aliphatic rings. The highest BCUT2D eigenvalue weighted by atomic mass is 19.1. The minimum atomic E-state index is -0.641. The van der Waals surface area contributed by atoms with Crippen molar-refractivity contribution in [3.63, 3.8) is 0 Å². The lowest BCUT2D eigenvalue weighted by atomic mass is 10.1. The zero-order valence-corrected chi connectivity index (χ0v) is 6.47. The SMILES string of the molecule is Cc1cc(C(=O)NO)ccc1F. The number of hydrogen-bond acceptors (Lipinski definition) is 2. The molecule has 12 heavy (non-hydrogen) atoms. The van der Waals surface area contributed by atoms with Crippen LogP contribution in [0.1, 0.15) is 15.9 Å². The van der Waals surface area contributed by atoms with Gasteiger partial charge in [0.1, 0.15) is 5.82 Å². The number of carbonyl (C=O) groups excluding carboxylic acids is 1. The van der Waals surface area contributed by atoms with E-state index in [-0.39, 0.29) is 11.4 Å². The van der Waals surface area contributed by atoms with Crippen molar-refractivity contribution in [2.45, 2.75) is 6.92 Å². The quantitative estimate of drug-likeness (QED) is 0.491. The predicted molar refractivity (Wildman–Crippen MR) is 40.4 cm³/mol. The van der Waals surface area contributed by atoms with Gasteiger partial charge in [0.2, 0.25) is 0 Å². The van der Waals surface area contributed by atoms with E-state index in [1.54, 1.807) is 6.92 Å². The highest BCUT2D eigenvalue weighted by molar-refractivity contribution is 5.93. The molecule has 2 N–H and O–H groups in total. The first-order valence-corrected chi connectivity index (χ1v) is 3.35. The number of hydrogen-bond donors (Lipinski definition) is 2. The zero-order valence-electron chi connectivity index (χ0n) is 6.47. The van der Waals surface area contributed by atoms with E-state index in [0.29, 0.717) is 5.56 Å². The largest absolute Gasteiger partial charge is 0.288 e. The van der Waals surface area contributed by atoms with Gasteiger partial charge in [0.15, 0.2) is 0 Å². The molecule has 1 aromatic rings. The number of aryl methyl sites for hydroxylation is 1. The second-order valence-electron chi connectivity index (χ2n) is 2.40. The molecule has 0 aromatic heterocycles. The molecule has 0 radical (unpaired) electrons. The van der Waals surface area contributed by atoms with Crippen LogP contribution < -0.4 is 5.48 Å². The molecule has 1 amide bonds. The molecule has 4 heteroatoms. The molecule has 0 spiro atoms. The maximum absolute atomic E-state index is 12.7. The lowest BCUT2D eigenvalue weighted by Gasteiger charge is -2.00. The second kappa shape index (κ2) is 3.32. The Labute approximate surface area is 68.8 Å². The molecule has 0 aliphatic carbocycles. The Morgan fingerprint density at radius 1 is 1.58 bits per heavy atom. The van der Waals surface area contributed by atoms with E-state index in [1.165, 1.54) is 23.7 Å². The smallest absolute Gasteiger partial charge is 0.274 e. The number of amides is 1. The molecule has 0 saturated heterocycles. The number of nitrogens with one attached hydrogen (secondary N) is 1. The van der Waals surface area contributed by atoms with Gasteiger partial charge in [-0.25, -0.2) is 9.87 Å². The van der Waals surface area contributed by atoms with Crippen molar-refractivity contribution in [1.82, 2.24) is 5.48 Å². The van der Waals surface area contributed by atoms with Crippen molar-refractivity contribution in [1.29, 1.82) is 0 Å². The standard InChI is InChI=1S/C8H8FNO2/c1-5-4-6(8(11)10-12)2-3-7(5)9/h2-4,12H,1H3,(H,10,11). The van der Waals surface area contributed by atoms with Gasteiger partial charge in [-0.1, -0.05) is 0 Å². The van der Waals surface area contributed by atoms with Crippen molar-refractivity contribution in [2.24, 2.45) is 0 Å². The van der Waals surface area contributed by atoms with Crippen molar-refractivity contribution in [3.8, 4) is 0 Å².